The fourth-order valence-corrected chi connectivity index (χ4v) is 3.98. The molecule has 0 atom stereocenters. The smallest absolute Gasteiger partial charge is 0.262 e. The second kappa shape index (κ2) is 7.44. The minimum absolute atomic E-state index is 0.232. The van der Waals surface area contributed by atoms with Gasteiger partial charge in [0, 0.05) is 41.5 Å². The van der Waals surface area contributed by atoms with E-state index in [9.17, 15) is 17.2 Å². The Morgan fingerprint density at radius 2 is 1.62 bits per heavy atom. The van der Waals surface area contributed by atoms with Crippen LogP contribution in [0.1, 0.15) is 0 Å². The number of H-pyrrole nitrogens is 1. The Labute approximate surface area is 165 Å². The Balaban J connectivity index is 1.68. The fraction of sp³-hybridized carbons (Fsp3) is 0. The van der Waals surface area contributed by atoms with Crippen molar-refractivity contribution in [2.75, 3.05) is 4.72 Å². The van der Waals surface area contributed by atoms with E-state index in [1.54, 1.807) is 36.8 Å². The van der Waals surface area contributed by atoms with E-state index in [1.807, 2.05) is 12.1 Å². The molecule has 0 radical (unpaired) electrons. The lowest BCUT2D eigenvalue weighted by Crippen LogP contribution is -2.13. The highest BCUT2D eigenvalue weighted by molar-refractivity contribution is 7.92. The fourth-order valence-electron chi connectivity index (χ4n) is 2.89. The minimum Gasteiger partial charge on any atom is -0.284 e. The van der Waals surface area contributed by atoms with Crippen molar-refractivity contribution in [1.82, 2.24) is 15.2 Å². The van der Waals surface area contributed by atoms with E-state index >= 15 is 0 Å². The summed E-state index contributed by atoms with van der Waals surface area (Å²) in [6.07, 6.45) is 5.06. The van der Waals surface area contributed by atoms with Crippen LogP contribution in [-0.2, 0) is 10.0 Å². The van der Waals surface area contributed by atoms with E-state index < -0.39 is 26.6 Å². The van der Waals surface area contributed by atoms with Crippen LogP contribution < -0.4 is 4.72 Å². The number of aromatic amines is 1. The number of hydrogen-bond donors (Lipinski definition) is 2. The largest absolute Gasteiger partial charge is 0.284 e. The van der Waals surface area contributed by atoms with E-state index in [0.717, 1.165) is 23.3 Å². The lowest BCUT2D eigenvalue weighted by atomic mass is 10.0. The standard InChI is InChI=1S/C20H14F2N4O2S/c21-15-9-16(22)11-18(10-15)29(27,28)26-17-3-1-2-14(8-17)20-19(12-24-25-20)13-4-6-23-7-5-13/h1-12,26H,(H,24,25). The first-order chi connectivity index (χ1) is 13.9. The van der Waals surface area contributed by atoms with Crippen molar-refractivity contribution in [2.24, 2.45) is 0 Å². The molecule has 4 aromatic rings. The van der Waals surface area contributed by atoms with Crippen LogP contribution in [0.15, 0.2) is 78.1 Å². The Morgan fingerprint density at radius 1 is 0.897 bits per heavy atom. The molecule has 0 amide bonds. The summed E-state index contributed by atoms with van der Waals surface area (Å²) in [7, 11) is -4.17. The van der Waals surface area contributed by atoms with Gasteiger partial charge in [0.15, 0.2) is 0 Å². The zero-order valence-electron chi connectivity index (χ0n) is 14.8. The van der Waals surface area contributed by atoms with Gasteiger partial charge in [-0.05, 0) is 42.0 Å². The summed E-state index contributed by atoms with van der Waals surface area (Å²) in [5.41, 5.74) is 3.22. The number of anilines is 1. The topological polar surface area (TPSA) is 87.7 Å². The van der Waals surface area contributed by atoms with Crippen LogP contribution in [0.2, 0.25) is 0 Å². The van der Waals surface area contributed by atoms with Crippen LogP contribution >= 0.6 is 0 Å². The number of aromatic nitrogens is 3. The van der Waals surface area contributed by atoms with Crippen molar-refractivity contribution in [1.29, 1.82) is 0 Å². The van der Waals surface area contributed by atoms with Gasteiger partial charge >= 0.3 is 0 Å². The van der Waals surface area contributed by atoms with Crippen molar-refractivity contribution in [2.45, 2.75) is 4.90 Å². The molecule has 0 fully saturated rings. The van der Waals surface area contributed by atoms with Gasteiger partial charge in [0.2, 0.25) is 0 Å². The molecule has 0 bridgehead atoms. The average Bonchev–Trinajstić information content (AvgIpc) is 3.18. The van der Waals surface area contributed by atoms with Gasteiger partial charge in [-0.25, -0.2) is 17.2 Å². The van der Waals surface area contributed by atoms with Gasteiger partial charge < -0.3 is 0 Å². The van der Waals surface area contributed by atoms with E-state index in [-0.39, 0.29) is 5.69 Å². The molecule has 0 aliphatic carbocycles. The highest BCUT2D eigenvalue weighted by atomic mass is 32.2. The number of nitrogens with one attached hydrogen (secondary N) is 2. The summed E-state index contributed by atoms with van der Waals surface area (Å²) >= 11 is 0. The van der Waals surface area contributed by atoms with Gasteiger partial charge in [0.05, 0.1) is 10.6 Å². The van der Waals surface area contributed by atoms with Crippen LogP contribution in [0.4, 0.5) is 14.5 Å². The molecule has 2 N–H and O–H groups in total. The van der Waals surface area contributed by atoms with Crippen LogP contribution in [0.3, 0.4) is 0 Å². The van der Waals surface area contributed by atoms with Gasteiger partial charge in [0.25, 0.3) is 10.0 Å². The number of halogens is 2. The summed E-state index contributed by atoms with van der Waals surface area (Å²) in [4.78, 5) is 3.49. The Hall–Kier alpha value is -3.59. The third-order valence-electron chi connectivity index (χ3n) is 4.17. The SMILES string of the molecule is O=S(=O)(Nc1cccc(-c2n[nH]cc2-c2ccncc2)c1)c1cc(F)cc(F)c1. The Bertz CT molecular complexity index is 1250. The molecule has 2 aromatic carbocycles. The molecule has 0 saturated heterocycles. The average molecular weight is 412 g/mol. The molecule has 29 heavy (non-hydrogen) atoms. The van der Waals surface area contributed by atoms with Crippen molar-refractivity contribution in [3.05, 3.63) is 84.8 Å². The van der Waals surface area contributed by atoms with Crippen LogP contribution in [-0.4, -0.2) is 23.6 Å². The molecule has 6 nitrogen and oxygen atoms in total. The number of nitrogens with zero attached hydrogens (tertiary/aromatic N) is 2. The van der Waals surface area contributed by atoms with E-state index in [1.165, 1.54) is 6.07 Å². The maximum Gasteiger partial charge on any atom is 0.262 e. The molecule has 2 heterocycles. The number of hydrogen-bond acceptors (Lipinski definition) is 4. The normalized spacial score (nSPS) is 11.4. The van der Waals surface area contributed by atoms with Gasteiger partial charge in [0.1, 0.15) is 11.6 Å². The second-order valence-corrected chi connectivity index (χ2v) is 7.86. The summed E-state index contributed by atoms with van der Waals surface area (Å²) in [6.45, 7) is 0. The second-order valence-electron chi connectivity index (χ2n) is 6.17. The van der Waals surface area contributed by atoms with Crippen LogP contribution in [0, 0.1) is 11.6 Å². The molecule has 0 spiro atoms. The number of benzene rings is 2. The van der Waals surface area contributed by atoms with E-state index in [4.69, 9.17) is 0 Å². The van der Waals surface area contributed by atoms with Crippen molar-refractivity contribution in [3.63, 3.8) is 0 Å². The molecule has 0 saturated carbocycles. The molecule has 9 heteroatoms. The first-order valence-electron chi connectivity index (χ1n) is 8.46. The van der Waals surface area contributed by atoms with Crippen molar-refractivity contribution in [3.8, 4) is 22.4 Å². The maximum absolute atomic E-state index is 13.4. The Kier molecular flexibility index (Phi) is 4.81. The number of rotatable bonds is 5. The van der Waals surface area contributed by atoms with E-state index in [0.29, 0.717) is 17.3 Å². The zero-order chi connectivity index (χ0) is 20.4. The number of pyridine rings is 1. The summed E-state index contributed by atoms with van der Waals surface area (Å²) in [6, 6.07) is 12.3. The van der Waals surface area contributed by atoms with Gasteiger partial charge in [-0.3, -0.25) is 14.8 Å². The first kappa shape index (κ1) is 18.8. The van der Waals surface area contributed by atoms with E-state index in [2.05, 4.69) is 19.9 Å². The predicted octanol–water partition coefficient (Wildman–Crippen LogP) is 4.22. The van der Waals surface area contributed by atoms with Gasteiger partial charge in [-0.2, -0.15) is 5.10 Å². The first-order valence-corrected chi connectivity index (χ1v) is 9.94. The van der Waals surface area contributed by atoms with Crippen molar-refractivity contribution < 1.29 is 17.2 Å². The molecule has 2 aromatic heterocycles. The highest BCUT2D eigenvalue weighted by Crippen LogP contribution is 2.31. The minimum atomic E-state index is -4.17. The highest BCUT2D eigenvalue weighted by Gasteiger charge is 2.18. The molecular formula is C20H14F2N4O2S. The maximum atomic E-state index is 13.4. The molecule has 0 unspecified atom stereocenters. The summed E-state index contributed by atoms with van der Waals surface area (Å²) in [5.74, 6) is -1.95. The lowest BCUT2D eigenvalue weighted by Gasteiger charge is -2.10. The molecular weight excluding hydrogens is 398 g/mol. The summed E-state index contributed by atoms with van der Waals surface area (Å²) < 4.78 is 54.2. The number of sulfonamides is 1. The third kappa shape index (κ3) is 3.99. The molecule has 0 aliphatic rings. The van der Waals surface area contributed by atoms with Crippen LogP contribution in [0.5, 0.6) is 0 Å². The molecule has 146 valence electrons. The quantitative estimate of drug-likeness (QED) is 0.514. The summed E-state index contributed by atoms with van der Waals surface area (Å²) in [5, 5.41) is 7.07. The van der Waals surface area contributed by atoms with Crippen LogP contribution in [0.25, 0.3) is 22.4 Å². The Morgan fingerprint density at radius 3 is 2.34 bits per heavy atom. The third-order valence-corrected chi connectivity index (χ3v) is 5.53. The monoisotopic (exact) mass is 412 g/mol. The molecule has 4 rings (SSSR count). The molecule has 0 aliphatic heterocycles. The van der Waals surface area contributed by atoms with Gasteiger partial charge in [-0.15, -0.1) is 0 Å². The predicted molar refractivity (Wildman–Crippen MR) is 104 cm³/mol. The van der Waals surface area contributed by atoms with Gasteiger partial charge in [-0.1, -0.05) is 12.1 Å². The van der Waals surface area contributed by atoms with Crippen molar-refractivity contribution >= 4 is 15.7 Å². The lowest BCUT2D eigenvalue weighted by molar-refractivity contribution is 0.568. The zero-order valence-corrected chi connectivity index (χ0v) is 15.6.